The van der Waals surface area contributed by atoms with E-state index in [2.05, 4.69) is 10.3 Å². The van der Waals surface area contributed by atoms with Gasteiger partial charge in [-0.2, -0.15) is 0 Å². The summed E-state index contributed by atoms with van der Waals surface area (Å²) in [5, 5.41) is 3.33. The Balaban J connectivity index is 1.64. The highest BCUT2D eigenvalue weighted by molar-refractivity contribution is 6.31. The first-order chi connectivity index (χ1) is 17.7. The van der Waals surface area contributed by atoms with E-state index in [1.54, 1.807) is 59.3 Å². The lowest BCUT2D eigenvalue weighted by Gasteiger charge is -2.24. The minimum Gasteiger partial charge on any atom is -0.329 e. The van der Waals surface area contributed by atoms with Gasteiger partial charge in [0.15, 0.2) is 0 Å². The second kappa shape index (κ2) is 11.6. The molecule has 2 amide bonds. The van der Waals surface area contributed by atoms with Crippen molar-refractivity contribution in [2.45, 2.75) is 13.8 Å². The van der Waals surface area contributed by atoms with Crippen molar-refractivity contribution in [3.05, 3.63) is 100 Å². The molecule has 0 spiro atoms. The highest BCUT2D eigenvalue weighted by atomic mass is 35.5. The quantitative estimate of drug-likeness (QED) is 0.270. The fourth-order valence-electron chi connectivity index (χ4n) is 3.82. The Hall–Kier alpha value is -3.68. The van der Waals surface area contributed by atoms with Gasteiger partial charge in [-0.1, -0.05) is 67.4 Å². The molecule has 0 aliphatic heterocycles. The molecule has 0 aliphatic carbocycles. The number of rotatable bonds is 8. The summed E-state index contributed by atoms with van der Waals surface area (Å²) in [5.74, 6) is -0.861. The lowest BCUT2D eigenvalue weighted by molar-refractivity contribution is -0.117. The van der Waals surface area contributed by atoms with Crippen molar-refractivity contribution in [3.8, 4) is 16.9 Å². The molecule has 0 fully saturated rings. The van der Waals surface area contributed by atoms with Crippen LogP contribution in [0.3, 0.4) is 0 Å². The third-order valence-electron chi connectivity index (χ3n) is 5.51. The van der Waals surface area contributed by atoms with Crippen LogP contribution in [0.5, 0.6) is 0 Å². The third-order valence-corrected chi connectivity index (χ3v) is 6.05. The van der Waals surface area contributed by atoms with Crippen LogP contribution in [0.1, 0.15) is 24.2 Å². The summed E-state index contributed by atoms with van der Waals surface area (Å²) in [7, 11) is 0. The molecule has 0 bridgehead atoms. The maximum atomic E-state index is 13.8. The number of aromatic nitrogens is 2. The van der Waals surface area contributed by atoms with Gasteiger partial charge in [0, 0.05) is 28.9 Å². The van der Waals surface area contributed by atoms with Gasteiger partial charge in [0.2, 0.25) is 11.9 Å². The zero-order chi connectivity index (χ0) is 26.5. The Bertz CT molecular complexity index is 1410. The lowest BCUT2D eigenvalue weighted by Crippen LogP contribution is -2.40. The number of carbonyl (C=O) groups is 2. The summed E-state index contributed by atoms with van der Waals surface area (Å²) in [6, 6.07) is 20.1. The van der Waals surface area contributed by atoms with Crippen LogP contribution in [0, 0.1) is 11.7 Å². The number of imidazole rings is 1. The van der Waals surface area contributed by atoms with Crippen molar-refractivity contribution in [3.63, 3.8) is 0 Å². The van der Waals surface area contributed by atoms with Crippen LogP contribution in [0.2, 0.25) is 10.0 Å². The molecule has 0 aliphatic rings. The van der Waals surface area contributed by atoms with Gasteiger partial charge in [-0.3, -0.25) is 19.5 Å². The predicted molar refractivity (Wildman–Crippen MR) is 145 cm³/mol. The Morgan fingerprint density at radius 3 is 2.38 bits per heavy atom. The molecule has 1 N–H and O–H groups in total. The molecule has 4 aromatic rings. The molecule has 9 heteroatoms. The first-order valence-electron chi connectivity index (χ1n) is 11.7. The normalized spacial score (nSPS) is 11.0. The van der Waals surface area contributed by atoms with Crippen LogP contribution in [0.25, 0.3) is 16.9 Å². The minimum absolute atomic E-state index is 0.0620. The largest absolute Gasteiger partial charge is 0.329 e. The monoisotopic (exact) mass is 538 g/mol. The standard InChI is InChI=1S/C28H25Cl2FN4O2/c1-18(2)15-34(27(37)20-6-4-3-5-7-20)17-26(36)33-28-32-25(19-8-10-21(29)11-9-19)16-35(28)22-12-13-24(31)23(30)14-22/h3-14,16,18H,15,17H2,1-2H3,(H,32,33,36). The van der Waals surface area contributed by atoms with Crippen molar-refractivity contribution in [2.75, 3.05) is 18.4 Å². The zero-order valence-electron chi connectivity index (χ0n) is 20.3. The number of nitrogens with zero attached hydrogens (tertiary/aromatic N) is 3. The van der Waals surface area contributed by atoms with Crippen molar-refractivity contribution >= 4 is 41.0 Å². The molecule has 3 aromatic carbocycles. The molecule has 190 valence electrons. The third kappa shape index (κ3) is 6.56. The van der Waals surface area contributed by atoms with E-state index in [0.717, 1.165) is 5.56 Å². The molecular formula is C28H25Cl2FN4O2. The second-order valence-corrected chi connectivity index (χ2v) is 9.76. The van der Waals surface area contributed by atoms with Crippen molar-refractivity contribution in [1.29, 1.82) is 0 Å². The summed E-state index contributed by atoms with van der Waals surface area (Å²) in [6.45, 7) is 4.19. The number of anilines is 1. The molecule has 6 nitrogen and oxygen atoms in total. The van der Waals surface area contributed by atoms with E-state index in [1.807, 2.05) is 19.9 Å². The van der Waals surface area contributed by atoms with E-state index in [9.17, 15) is 14.0 Å². The zero-order valence-corrected chi connectivity index (χ0v) is 21.8. The number of carbonyl (C=O) groups excluding carboxylic acids is 2. The SMILES string of the molecule is CC(C)CN(CC(=O)Nc1nc(-c2ccc(Cl)cc2)cn1-c1ccc(F)c(Cl)c1)C(=O)c1ccccc1. The van der Waals surface area contributed by atoms with Gasteiger partial charge in [0.05, 0.1) is 16.4 Å². The highest BCUT2D eigenvalue weighted by Crippen LogP contribution is 2.27. The Labute approximate surface area is 224 Å². The van der Waals surface area contributed by atoms with Gasteiger partial charge in [-0.15, -0.1) is 0 Å². The number of halogens is 3. The maximum Gasteiger partial charge on any atom is 0.254 e. The van der Waals surface area contributed by atoms with E-state index in [1.165, 1.54) is 23.1 Å². The second-order valence-electron chi connectivity index (χ2n) is 8.92. The Morgan fingerprint density at radius 2 is 1.73 bits per heavy atom. The van der Waals surface area contributed by atoms with Gasteiger partial charge in [0.1, 0.15) is 12.4 Å². The van der Waals surface area contributed by atoms with Gasteiger partial charge < -0.3 is 4.90 Å². The number of hydrogen-bond acceptors (Lipinski definition) is 3. The maximum absolute atomic E-state index is 13.8. The number of nitrogens with one attached hydrogen (secondary N) is 1. The average Bonchev–Trinajstić information content (AvgIpc) is 3.29. The predicted octanol–water partition coefficient (Wildman–Crippen LogP) is 6.72. The smallest absolute Gasteiger partial charge is 0.254 e. The van der Waals surface area contributed by atoms with Crippen LogP contribution in [0.15, 0.2) is 79.0 Å². The van der Waals surface area contributed by atoms with Crippen LogP contribution < -0.4 is 5.32 Å². The van der Waals surface area contributed by atoms with Gasteiger partial charge in [0.25, 0.3) is 5.91 Å². The number of amides is 2. The van der Waals surface area contributed by atoms with Crippen LogP contribution in [-0.2, 0) is 4.79 Å². The minimum atomic E-state index is -0.558. The topological polar surface area (TPSA) is 67.2 Å². The van der Waals surface area contributed by atoms with Crippen molar-refractivity contribution < 1.29 is 14.0 Å². The molecule has 0 saturated heterocycles. The van der Waals surface area contributed by atoms with E-state index in [4.69, 9.17) is 23.2 Å². The number of hydrogen-bond donors (Lipinski definition) is 1. The molecule has 1 heterocycles. The Kier molecular flexibility index (Phi) is 8.26. The molecule has 0 unspecified atom stereocenters. The molecule has 1 aromatic heterocycles. The fourth-order valence-corrected chi connectivity index (χ4v) is 4.12. The summed E-state index contributed by atoms with van der Waals surface area (Å²) >= 11 is 12.0. The Morgan fingerprint density at radius 1 is 1.03 bits per heavy atom. The molecule has 37 heavy (non-hydrogen) atoms. The van der Waals surface area contributed by atoms with E-state index in [0.29, 0.717) is 28.5 Å². The summed E-state index contributed by atoms with van der Waals surface area (Å²) in [5.41, 5.74) is 2.34. The first-order valence-corrected chi connectivity index (χ1v) is 12.4. The molecule has 0 atom stereocenters. The molecule has 0 saturated carbocycles. The highest BCUT2D eigenvalue weighted by Gasteiger charge is 2.22. The fraction of sp³-hybridized carbons (Fsp3) is 0.179. The van der Waals surface area contributed by atoms with Crippen LogP contribution in [-0.4, -0.2) is 39.4 Å². The van der Waals surface area contributed by atoms with Gasteiger partial charge >= 0.3 is 0 Å². The molecule has 0 radical (unpaired) electrons. The average molecular weight is 539 g/mol. The first kappa shape index (κ1) is 26.4. The summed E-state index contributed by atoms with van der Waals surface area (Å²) in [6.07, 6.45) is 1.71. The van der Waals surface area contributed by atoms with Gasteiger partial charge in [-0.25, -0.2) is 9.37 Å². The molecular weight excluding hydrogens is 514 g/mol. The number of benzene rings is 3. The van der Waals surface area contributed by atoms with Crippen LogP contribution in [0.4, 0.5) is 10.3 Å². The van der Waals surface area contributed by atoms with E-state index < -0.39 is 11.7 Å². The van der Waals surface area contributed by atoms with E-state index in [-0.39, 0.29) is 29.3 Å². The lowest BCUT2D eigenvalue weighted by atomic mass is 10.1. The van der Waals surface area contributed by atoms with Crippen molar-refractivity contribution in [2.24, 2.45) is 5.92 Å². The summed E-state index contributed by atoms with van der Waals surface area (Å²) in [4.78, 5) is 32.4. The van der Waals surface area contributed by atoms with E-state index >= 15 is 0 Å². The van der Waals surface area contributed by atoms with Crippen molar-refractivity contribution in [1.82, 2.24) is 14.5 Å². The van der Waals surface area contributed by atoms with Crippen LogP contribution >= 0.6 is 23.2 Å². The summed E-state index contributed by atoms with van der Waals surface area (Å²) < 4.78 is 15.4. The molecule has 4 rings (SSSR count). The van der Waals surface area contributed by atoms with Gasteiger partial charge in [-0.05, 0) is 48.4 Å².